The summed E-state index contributed by atoms with van der Waals surface area (Å²) in [7, 11) is 0. The zero-order chi connectivity index (χ0) is 12.8. The van der Waals surface area contributed by atoms with Crippen molar-refractivity contribution in [2.45, 2.75) is 13.2 Å². The van der Waals surface area contributed by atoms with Crippen molar-refractivity contribution < 1.29 is 14.6 Å². The molecular weight excluding hydrogens is 230 g/mol. The van der Waals surface area contributed by atoms with Crippen LogP contribution in [0.5, 0.6) is 5.75 Å². The van der Waals surface area contributed by atoms with Gasteiger partial charge in [-0.15, -0.1) is 0 Å². The van der Waals surface area contributed by atoms with E-state index in [1.165, 1.54) is 0 Å². The molecule has 1 heterocycles. The van der Waals surface area contributed by atoms with Crippen LogP contribution in [-0.2, 0) is 13.2 Å². The van der Waals surface area contributed by atoms with Gasteiger partial charge in [0.25, 0.3) is 0 Å². The molecule has 0 aliphatic rings. The van der Waals surface area contributed by atoms with Crippen LogP contribution in [0.4, 0.5) is 0 Å². The number of aldehydes is 1. The summed E-state index contributed by atoms with van der Waals surface area (Å²) in [5.74, 6) is 0.493. The first-order valence-electron chi connectivity index (χ1n) is 5.56. The molecule has 4 nitrogen and oxygen atoms in total. The van der Waals surface area contributed by atoms with Crippen molar-refractivity contribution in [3.8, 4) is 5.75 Å². The Hall–Kier alpha value is -2.20. The Kier molecular flexibility index (Phi) is 4.04. The Bertz CT molecular complexity index is 526. The van der Waals surface area contributed by atoms with Crippen LogP contribution >= 0.6 is 0 Å². The molecule has 0 unspecified atom stereocenters. The fourth-order valence-electron chi connectivity index (χ4n) is 1.55. The van der Waals surface area contributed by atoms with Crippen LogP contribution in [0, 0.1) is 0 Å². The highest BCUT2D eigenvalue weighted by atomic mass is 16.5. The predicted molar refractivity (Wildman–Crippen MR) is 66.3 cm³/mol. The number of aromatic nitrogens is 1. The number of rotatable bonds is 5. The number of pyridine rings is 1. The van der Waals surface area contributed by atoms with Gasteiger partial charge in [-0.25, -0.2) is 4.98 Å². The predicted octanol–water partition coefficient (Wildman–Crippen LogP) is 1.97. The minimum atomic E-state index is -0.258. The molecule has 0 atom stereocenters. The molecule has 1 N–H and O–H groups in total. The number of aliphatic hydroxyl groups is 1. The highest BCUT2D eigenvalue weighted by Gasteiger charge is 2.06. The van der Waals surface area contributed by atoms with Crippen molar-refractivity contribution in [3.05, 3.63) is 59.4 Å². The van der Waals surface area contributed by atoms with E-state index in [4.69, 9.17) is 4.74 Å². The lowest BCUT2D eigenvalue weighted by Gasteiger charge is -2.09. The van der Waals surface area contributed by atoms with Gasteiger partial charge in [0.05, 0.1) is 6.61 Å². The zero-order valence-electron chi connectivity index (χ0n) is 9.74. The van der Waals surface area contributed by atoms with Gasteiger partial charge in [-0.2, -0.15) is 0 Å². The van der Waals surface area contributed by atoms with E-state index >= 15 is 0 Å². The maximum Gasteiger partial charge on any atom is 0.168 e. The Labute approximate surface area is 105 Å². The van der Waals surface area contributed by atoms with Gasteiger partial charge in [0.15, 0.2) is 6.29 Å². The van der Waals surface area contributed by atoms with E-state index in [9.17, 15) is 9.90 Å². The molecule has 18 heavy (non-hydrogen) atoms. The molecule has 0 aliphatic carbocycles. The maximum atomic E-state index is 10.6. The minimum absolute atomic E-state index is 0.258. The van der Waals surface area contributed by atoms with Crippen molar-refractivity contribution in [2.24, 2.45) is 0 Å². The van der Waals surface area contributed by atoms with Crippen LogP contribution in [0.2, 0.25) is 0 Å². The summed E-state index contributed by atoms with van der Waals surface area (Å²) in [4.78, 5) is 14.6. The highest BCUT2D eigenvalue weighted by molar-refractivity contribution is 5.72. The second-order valence-corrected chi connectivity index (χ2v) is 3.73. The maximum absolute atomic E-state index is 10.6. The molecule has 2 aromatic rings. The fourth-order valence-corrected chi connectivity index (χ4v) is 1.55. The Morgan fingerprint density at radius 2 is 1.94 bits per heavy atom. The zero-order valence-corrected chi connectivity index (χ0v) is 9.74. The highest BCUT2D eigenvalue weighted by Crippen LogP contribution is 2.18. The first-order chi connectivity index (χ1) is 8.83. The molecular formula is C14H13NO3. The Morgan fingerprint density at radius 1 is 1.17 bits per heavy atom. The molecule has 0 aliphatic heterocycles. The summed E-state index contributed by atoms with van der Waals surface area (Å²) in [6, 6.07) is 12.9. The van der Waals surface area contributed by atoms with Crippen LogP contribution < -0.4 is 4.74 Å². The number of aliphatic hydroxyl groups excluding tert-OH is 1. The van der Waals surface area contributed by atoms with E-state index in [-0.39, 0.29) is 12.3 Å². The summed E-state index contributed by atoms with van der Waals surface area (Å²) in [6.07, 6.45) is 0.639. The van der Waals surface area contributed by atoms with Gasteiger partial charge < -0.3 is 9.84 Å². The van der Waals surface area contributed by atoms with Gasteiger partial charge in [-0.05, 0) is 17.7 Å². The van der Waals surface area contributed by atoms with Gasteiger partial charge >= 0.3 is 0 Å². The van der Waals surface area contributed by atoms with Gasteiger partial charge in [-0.1, -0.05) is 30.3 Å². The van der Waals surface area contributed by atoms with Crippen LogP contribution in [0.15, 0.2) is 42.5 Å². The summed E-state index contributed by atoms with van der Waals surface area (Å²) >= 11 is 0. The monoisotopic (exact) mass is 243 g/mol. The number of hydrogen-bond acceptors (Lipinski definition) is 4. The molecule has 0 spiro atoms. The number of nitrogens with zero attached hydrogens (tertiary/aromatic N) is 1. The number of ether oxygens (including phenoxy) is 1. The molecule has 1 aromatic heterocycles. The summed E-state index contributed by atoms with van der Waals surface area (Å²) in [6.45, 7) is 0.141. The largest absolute Gasteiger partial charge is 0.487 e. The van der Waals surface area contributed by atoms with Gasteiger partial charge in [-0.3, -0.25) is 4.79 Å². The lowest BCUT2D eigenvalue weighted by molar-refractivity contribution is 0.111. The van der Waals surface area contributed by atoms with Gasteiger partial charge in [0.1, 0.15) is 23.7 Å². The molecule has 0 saturated carbocycles. The Morgan fingerprint density at radius 3 is 2.61 bits per heavy atom. The van der Waals surface area contributed by atoms with Crippen LogP contribution in [-0.4, -0.2) is 16.4 Å². The quantitative estimate of drug-likeness (QED) is 0.815. The lowest BCUT2D eigenvalue weighted by atomic mass is 10.2. The molecule has 0 saturated heterocycles. The molecule has 0 amide bonds. The first-order valence-corrected chi connectivity index (χ1v) is 5.56. The number of carbonyl (C=O) groups excluding carboxylic acids is 1. The molecule has 2 rings (SSSR count). The normalized spacial score (nSPS) is 10.1. The average molecular weight is 243 g/mol. The minimum Gasteiger partial charge on any atom is -0.487 e. The van der Waals surface area contributed by atoms with E-state index in [1.54, 1.807) is 12.1 Å². The van der Waals surface area contributed by atoms with Crippen LogP contribution in [0.1, 0.15) is 21.7 Å². The van der Waals surface area contributed by atoms with E-state index < -0.39 is 0 Å². The second-order valence-electron chi connectivity index (χ2n) is 3.73. The molecule has 4 heteroatoms. The van der Waals surface area contributed by atoms with Crippen molar-refractivity contribution in [1.29, 1.82) is 0 Å². The second kappa shape index (κ2) is 5.93. The molecule has 92 valence electrons. The van der Waals surface area contributed by atoms with Crippen LogP contribution in [0.3, 0.4) is 0 Å². The third kappa shape index (κ3) is 2.93. The van der Waals surface area contributed by atoms with Crippen molar-refractivity contribution in [2.75, 3.05) is 0 Å². The lowest BCUT2D eigenvalue weighted by Crippen LogP contribution is -2.02. The third-order valence-electron chi connectivity index (χ3n) is 2.46. The smallest absolute Gasteiger partial charge is 0.168 e. The summed E-state index contributed by atoms with van der Waals surface area (Å²) in [5.41, 5.74) is 1.68. The number of hydrogen-bond donors (Lipinski definition) is 1. The van der Waals surface area contributed by atoms with E-state index in [0.717, 1.165) is 5.56 Å². The van der Waals surface area contributed by atoms with Gasteiger partial charge in [0, 0.05) is 0 Å². The van der Waals surface area contributed by atoms with Crippen LogP contribution in [0.25, 0.3) is 0 Å². The Balaban J connectivity index is 2.11. The van der Waals surface area contributed by atoms with Gasteiger partial charge in [0.2, 0.25) is 0 Å². The summed E-state index contributed by atoms with van der Waals surface area (Å²) in [5, 5.41) is 9.18. The standard InChI is InChI=1S/C14H13NO3/c16-8-12-6-7-14(13(9-17)15-12)18-10-11-4-2-1-3-5-11/h1-8,17H,9-10H2. The molecule has 0 radical (unpaired) electrons. The van der Waals surface area contributed by atoms with Crippen molar-refractivity contribution >= 4 is 6.29 Å². The van der Waals surface area contributed by atoms with Crippen molar-refractivity contribution in [3.63, 3.8) is 0 Å². The number of benzene rings is 1. The van der Waals surface area contributed by atoms with E-state index in [2.05, 4.69) is 4.98 Å². The molecule has 0 fully saturated rings. The third-order valence-corrected chi connectivity index (χ3v) is 2.46. The first kappa shape index (κ1) is 12.3. The number of carbonyl (C=O) groups is 1. The molecule has 0 bridgehead atoms. The SMILES string of the molecule is O=Cc1ccc(OCc2ccccc2)c(CO)n1. The molecule has 1 aromatic carbocycles. The fraction of sp³-hybridized carbons (Fsp3) is 0.143. The van der Waals surface area contributed by atoms with Crippen molar-refractivity contribution in [1.82, 2.24) is 4.98 Å². The van der Waals surface area contributed by atoms with E-state index in [0.29, 0.717) is 24.3 Å². The average Bonchev–Trinajstić information content (AvgIpc) is 2.46. The topological polar surface area (TPSA) is 59.4 Å². The summed E-state index contributed by atoms with van der Waals surface area (Å²) < 4.78 is 5.58. The van der Waals surface area contributed by atoms with E-state index in [1.807, 2.05) is 30.3 Å².